The summed E-state index contributed by atoms with van der Waals surface area (Å²) in [4.78, 5) is 30.1. The van der Waals surface area contributed by atoms with Crippen molar-refractivity contribution in [2.45, 2.75) is 13.0 Å². The Hall–Kier alpha value is -3.77. The molecular weight excluding hydrogens is 452 g/mol. The Morgan fingerprint density at radius 2 is 1.71 bits per heavy atom. The lowest BCUT2D eigenvalue weighted by molar-refractivity contribution is -0.132. The number of ether oxygens (including phenoxy) is 1. The molecule has 174 valence electrons. The molecule has 1 heterocycles. The van der Waals surface area contributed by atoms with Gasteiger partial charge in [-0.3, -0.25) is 14.5 Å². The molecule has 34 heavy (non-hydrogen) atoms. The summed E-state index contributed by atoms with van der Waals surface area (Å²) < 4.78 is 5.39. The van der Waals surface area contributed by atoms with Crippen molar-refractivity contribution in [2.24, 2.45) is 0 Å². The van der Waals surface area contributed by atoms with Gasteiger partial charge in [0.05, 0.1) is 24.3 Å². The first-order chi connectivity index (χ1) is 16.2. The number of aryl methyl sites for hydroxylation is 1. The maximum absolute atomic E-state index is 13.4. The fourth-order valence-electron chi connectivity index (χ4n) is 4.21. The number of halogens is 1. The van der Waals surface area contributed by atoms with Gasteiger partial charge in [0.15, 0.2) is 0 Å². The molecule has 6 nitrogen and oxygen atoms in total. The van der Waals surface area contributed by atoms with E-state index in [2.05, 4.69) is 0 Å². The third kappa shape index (κ3) is 4.01. The minimum Gasteiger partial charge on any atom is -0.507 e. The van der Waals surface area contributed by atoms with Crippen molar-refractivity contribution in [1.82, 2.24) is 0 Å². The second kappa shape index (κ2) is 9.23. The molecule has 0 saturated carbocycles. The zero-order valence-corrected chi connectivity index (χ0v) is 20.1. The summed E-state index contributed by atoms with van der Waals surface area (Å²) in [5.74, 6) is -1.48. The van der Waals surface area contributed by atoms with E-state index in [1.165, 1.54) is 18.1 Å². The molecular formula is C27H25ClN2O4. The highest BCUT2D eigenvalue weighted by atomic mass is 35.5. The maximum Gasteiger partial charge on any atom is 0.300 e. The average Bonchev–Trinajstić information content (AvgIpc) is 3.09. The smallest absolute Gasteiger partial charge is 0.300 e. The van der Waals surface area contributed by atoms with Crippen LogP contribution in [0.4, 0.5) is 11.4 Å². The fraction of sp³-hybridized carbons (Fsp3) is 0.185. The lowest BCUT2D eigenvalue weighted by Crippen LogP contribution is -2.29. The zero-order valence-electron chi connectivity index (χ0n) is 19.4. The van der Waals surface area contributed by atoms with E-state index in [0.717, 1.165) is 16.8 Å². The molecule has 4 rings (SSSR count). The highest BCUT2D eigenvalue weighted by molar-refractivity contribution is 6.51. The predicted octanol–water partition coefficient (Wildman–Crippen LogP) is 5.35. The SMILES string of the molecule is COc1ccc(Cl)cc1/C(O)=C1\C(=O)C(=O)N(c2ccc(N(C)C)cc2)C1c1ccccc1C. The molecule has 1 saturated heterocycles. The number of methoxy groups -OCH3 is 1. The Kier molecular flexibility index (Phi) is 6.35. The Morgan fingerprint density at radius 1 is 1.03 bits per heavy atom. The van der Waals surface area contributed by atoms with E-state index in [4.69, 9.17) is 16.3 Å². The zero-order chi connectivity index (χ0) is 24.6. The number of carbonyl (C=O) groups is 2. The van der Waals surface area contributed by atoms with Crippen LogP contribution in [0, 0.1) is 6.92 Å². The quantitative estimate of drug-likeness (QED) is 0.305. The predicted molar refractivity (Wildman–Crippen MR) is 135 cm³/mol. The molecule has 1 unspecified atom stereocenters. The molecule has 0 radical (unpaired) electrons. The Morgan fingerprint density at radius 3 is 2.32 bits per heavy atom. The molecule has 3 aromatic carbocycles. The number of benzene rings is 3. The van der Waals surface area contributed by atoms with Gasteiger partial charge in [0.1, 0.15) is 11.5 Å². The number of ketones is 1. The molecule has 0 aromatic heterocycles. The van der Waals surface area contributed by atoms with Crippen LogP contribution in [-0.2, 0) is 9.59 Å². The molecule has 1 aliphatic rings. The van der Waals surface area contributed by atoms with E-state index in [9.17, 15) is 14.7 Å². The van der Waals surface area contributed by atoms with E-state index < -0.39 is 17.7 Å². The minimum absolute atomic E-state index is 0.0171. The van der Waals surface area contributed by atoms with Crippen LogP contribution in [-0.4, -0.2) is 38.0 Å². The number of Topliss-reactive ketones (excluding diaryl/α,β-unsaturated/α-hetero) is 1. The van der Waals surface area contributed by atoms with Gasteiger partial charge in [0.25, 0.3) is 11.7 Å². The number of anilines is 2. The van der Waals surface area contributed by atoms with Crippen molar-refractivity contribution in [2.75, 3.05) is 31.0 Å². The van der Waals surface area contributed by atoms with E-state index >= 15 is 0 Å². The van der Waals surface area contributed by atoms with E-state index in [1.54, 1.807) is 24.3 Å². The number of nitrogens with zero attached hydrogens (tertiary/aromatic N) is 2. The van der Waals surface area contributed by atoms with Crippen LogP contribution in [0.15, 0.2) is 72.3 Å². The first kappa shape index (κ1) is 23.4. The van der Waals surface area contributed by atoms with Crippen molar-refractivity contribution in [3.63, 3.8) is 0 Å². The second-order valence-electron chi connectivity index (χ2n) is 8.28. The highest BCUT2D eigenvalue weighted by Crippen LogP contribution is 2.44. The normalized spacial score (nSPS) is 17.2. The lowest BCUT2D eigenvalue weighted by atomic mass is 9.92. The highest BCUT2D eigenvalue weighted by Gasteiger charge is 2.47. The van der Waals surface area contributed by atoms with Gasteiger partial charge in [-0.25, -0.2) is 0 Å². The van der Waals surface area contributed by atoms with Gasteiger partial charge >= 0.3 is 0 Å². The van der Waals surface area contributed by atoms with Crippen molar-refractivity contribution >= 4 is 40.4 Å². The molecule has 7 heteroatoms. The van der Waals surface area contributed by atoms with E-state index in [1.807, 2.05) is 62.3 Å². The van der Waals surface area contributed by atoms with Crippen LogP contribution in [0.5, 0.6) is 5.75 Å². The average molecular weight is 477 g/mol. The van der Waals surface area contributed by atoms with Gasteiger partial charge in [-0.05, 0) is 60.5 Å². The Balaban J connectivity index is 1.97. The number of hydrogen-bond donors (Lipinski definition) is 1. The summed E-state index contributed by atoms with van der Waals surface area (Å²) in [7, 11) is 5.31. The van der Waals surface area contributed by atoms with E-state index in [0.29, 0.717) is 16.5 Å². The lowest BCUT2D eigenvalue weighted by Gasteiger charge is -2.27. The van der Waals surface area contributed by atoms with Gasteiger partial charge in [-0.2, -0.15) is 0 Å². The molecule has 1 N–H and O–H groups in total. The largest absolute Gasteiger partial charge is 0.507 e. The first-order valence-corrected chi connectivity index (χ1v) is 11.1. The Labute approximate surface area is 203 Å². The maximum atomic E-state index is 13.4. The van der Waals surface area contributed by atoms with Crippen LogP contribution in [0.1, 0.15) is 22.7 Å². The fourth-order valence-corrected chi connectivity index (χ4v) is 4.38. The molecule has 1 atom stereocenters. The number of carbonyl (C=O) groups excluding carboxylic acids is 2. The van der Waals surface area contributed by atoms with Crippen LogP contribution in [0.3, 0.4) is 0 Å². The standard InChI is InChI=1S/C27H25ClN2O4/c1-16-7-5-6-8-20(16)24-23(25(31)21-15-17(28)9-14-22(21)34-4)26(32)27(33)30(24)19-12-10-18(11-13-19)29(2)3/h5-15,24,31H,1-4H3/b25-23+. The molecule has 1 amide bonds. The molecule has 1 aliphatic heterocycles. The monoisotopic (exact) mass is 476 g/mol. The minimum atomic E-state index is -0.824. The summed E-state index contributed by atoms with van der Waals surface area (Å²) in [5.41, 5.74) is 3.36. The van der Waals surface area contributed by atoms with Crippen molar-refractivity contribution < 1.29 is 19.4 Å². The summed E-state index contributed by atoms with van der Waals surface area (Å²) in [6, 6.07) is 18.8. The number of hydrogen-bond acceptors (Lipinski definition) is 5. The summed E-state index contributed by atoms with van der Waals surface area (Å²) in [6.07, 6.45) is 0. The Bertz CT molecular complexity index is 1300. The summed E-state index contributed by atoms with van der Waals surface area (Å²) in [6.45, 7) is 1.91. The summed E-state index contributed by atoms with van der Waals surface area (Å²) >= 11 is 6.18. The molecule has 0 spiro atoms. The van der Waals surface area contributed by atoms with E-state index in [-0.39, 0.29) is 16.9 Å². The van der Waals surface area contributed by atoms with Gasteiger partial charge in [0, 0.05) is 30.5 Å². The number of aliphatic hydroxyl groups is 1. The van der Waals surface area contributed by atoms with Crippen molar-refractivity contribution in [3.8, 4) is 5.75 Å². The third-order valence-corrected chi connectivity index (χ3v) is 6.22. The third-order valence-electron chi connectivity index (χ3n) is 5.99. The topological polar surface area (TPSA) is 70.1 Å². The van der Waals surface area contributed by atoms with Gasteiger partial charge < -0.3 is 14.7 Å². The summed E-state index contributed by atoms with van der Waals surface area (Å²) in [5, 5.41) is 11.7. The molecule has 1 fully saturated rings. The van der Waals surface area contributed by atoms with Crippen LogP contribution in [0.2, 0.25) is 5.02 Å². The van der Waals surface area contributed by atoms with Gasteiger partial charge in [-0.1, -0.05) is 35.9 Å². The number of rotatable bonds is 5. The molecule has 3 aromatic rings. The van der Waals surface area contributed by atoms with Crippen LogP contribution in [0.25, 0.3) is 5.76 Å². The molecule has 0 bridgehead atoms. The van der Waals surface area contributed by atoms with Gasteiger partial charge in [0.2, 0.25) is 0 Å². The number of aliphatic hydroxyl groups excluding tert-OH is 1. The van der Waals surface area contributed by atoms with Gasteiger partial charge in [-0.15, -0.1) is 0 Å². The second-order valence-corrected chi connectivity index (χ2v) is 8.72. The van der Waals surface area contributed by atoms with Crippen molar-refractivity contribution in [3.05, 3.63) is 94.0 Å². The number of amides is 1. The van der Waals surface area contributed by atoms with Crippen molar-refractivity contribution in [1.29, 1.82) is 0 Å². The van der Waals surface area contributed by atoms with Crippen LogP contribution < -0.4 is 14.5 Å². The molecule has 0 aliphatic carbocycles. The first-order valence-electron chi connectivity index (χ1n) is 10.7. The van der Waals surface area contributed by atoms with Crippen LogP contribution >= 0.6 is 11.6 Å².